The highest BCUT2D eigenvalue weighted by Crippen LogP contribution is 2.45. The molecule has 0 bridgehead atoms. The minimum absolute atomic E-state index is 0.107. The zero-order valence-electron chi connectivity index (χ0n) is 67.6. The van der Waals surface area contributed by atoms with Crippen molar-refractivity contribution in [3.05, 3.63) is 0 Å². The van der Waals surface area contributed by atoms with Gasteiger partial charge in [0.15, 0.2) is 12.2 Å². The van der Waals surface area contributed by atoms with E-state index in [1.54, 1.807) is 0 Å². The Labute approximate surface area is 632 Å². The Morgan fingerprint density at radius 2 is 0.495 bits per heavy atom. The molecule has 3 N–H and O–H groups in total. The van der Waals surface area contributed by atoms with E-state index in [-0.39, 0.29) is 25.7 Å². The number of esters is 4. The van der Waals surface area contributed by atoms with Crippen LogP contribution >= 0.6 is 15.6 Å². The standard InChI is InChI=1S/C84H164O17P2/c1-7-10-12-14-16-18-20-21-22-23-24-25-26-27-30-34-37-44-50-56-62-68-83(88)100-80(73-95-82(87)67-61-55-49-43-36-33-31-28-29-32-35-40-46-52-58-64-76(4)5)75-99-103(92,93)97-71-78(85)70-96-102(90,91)98-74-79(72-94-81(86)66-60-54-48-42-19-17-15-13-11-8-2)101-84(89)69-63-57-51-45-39-38-41-47-53-59-65-77(6)9-3/h76-80,85H,7-75H2,1-6H3,(H,90,91)(H,92,93)/t77?,78-,79+,80+/m0/s1. The maximum absolute atomic E-state index is 13.1. The van der Waals surface area contributed by atoms with Gasteiger partial charge in [0.1, 0.15) is 19.3 Å². The molecule has 103 heavy (non-hydrogen) atoms. The number of rotatable bonds is 83. The van der Waals surface area contributed by atoms with Gasteiger partial charge in [0.05, 0.1) is 26.4 Å². The van der Waals surface area contributed by atoms with Gasteiger partial charge in [0.2, 0.25) is 0 Å². The molecule has 0 radical (unpaired) electrons. The predicted molar refractivity (Wildman–Crippen MR) is 423 cm³/mol. The molecule has 0 aromatic carbocycles. The van der Waals surface area contributed by atoms with Crippen molar-refractivity contribution in [2.45, 2.75) is 464 Å². The molecule has 17 nitrogen and oxygen atoms in total. The van der Waals surface area contributed by atoms with Crippen molar-refractivity contribution in [3.8, 4) is 0 Å². The molecule has 0 aliphatic heterocycles. The Hall–Kier alpha value is -1.94. The quantitative estimate of drug-likeness (QED) is 0.0222. The lowest BCUT2D eigenvalue weighted by atomic mass is 9.99. The van der Waals surface area contributed by atoms with Gasteiger partial charge in [-0.25, -0.2) is 9.13 Å². The molecule has 0 aliphatic carbocycles. The Kier molecular flexibility index (Phi) is 74.1. The third kappa shape index (κ3) is 76.6. The van der Waals surface area contributed by atoms with Crippen LogP contribution in [0, 0.1) is 11.8 Å². The molecule has 6 atom stereocenters. The highest BCUT2D eigenvalue weighted by Gasteiger charge is 2.30. The smallest absolute Gasteiger partial charge is 0.462 e. The lowest BCUT2D eigenvalue weighted by Gasteiger charge is -2.21. The fourth-order valence-electron chi connectivity index (χ4n) is 13.0. The van der Waals surface area contributed by atoms with Crippen LogP contribution < -0.4 is 0 Å². The fourth-order valence-corrected chi connectivity index (χ4v) is 14.6. The number of aliphatic hydroxyl groups excluding tert-OH is 1. The number of carbonyl (C=O) groups excluding carboxylic acids is 4. The molecule has 0 aliphatic rings. The van der Waals surface area contributed by atoms with Gasteiger partial charge >= 0.3 is 39.5 Å². The van der Waals surface area contributed by atoms with Gasteiger partial charge < -0.3 is 33.8 Å². The first-order chi connectivity index (χ1) is 49.9. The van der Waals surface area contributed by atoms with Crippen LogP contribution in [0.4, 0.5) is 0 Å². The van der Waals surface area contributed by atoms with E-state index < -0.39 is 97.5 Å². The van der Waals surface area contributed by atoms with Gasteiger partial charge in [-0.3, -0.25) is 37.3 Å². The average Bonchev–Trinajstić information content (AvgIpc) is 0.907. The summed E-state index contributed by atoms with van der Waals surface area (Å²) in [4.78, 5) is 73.1. The van der Waals surface area contributed by atoms with Crippen LogP contribution in [0.2, 0.25) is 0 Å². The van der Waals surface area contributed by atoms with Crippen molar-refractivity contribution < 1.29 is 80.2 Å². The average molecular weight is 1510 g/mol. The van der Waals surface area contributed by atoms with Crippen LogP contribution in [0.3, 0.4) is 0 Å². The second-order valence-corrected chi connectivity index (χ2v) is 33.8. The second-order valence-electron chi connectivity index (χ2n) is 30.9. The summed E-state index contributed by atoms with van der Waals surface area (Å²) in [7, 11) is -9.92. The molecule has 0 heterocycles. The molecule has 612 valence electrons. The lowest BCUT2D eigenvalue weighted by molar-refractivity contribution is -0.161. The molecule has 3 unspecified atom stereocenters. The molecular weight excluding hydrogens is 1340 g/mol. The number of unbranched alkanes of at least 4 members (excludes halogenated alkanes) is 52. The fraction of sp³-hybridized carbons (Fsp3) is 0.952. The van der Waals surface area contributed by atoms with Crippen molar-refractivity contribution in [1.82, 2.24) is 0 Å². The zero-order valence-corrected chi connectivity index (χ0v) is 69.4. The van der Waals surface area contributed by atoms with Crippen molar-refractivity contribution in [3.63, 3.8) is 0 Å². The van der Waals surface area contributed by atoms with Gasteiger partial charge in [-0.15, -0.1) is 0 Å². The van der Waals surface area contributed by atoms with E-state index in [9.17, 15) is 43.2 Å². The van der Waals surface area contributed by atoms with E-state index in [1.807, 2.05) is 0 Å². The SMILES string of the molecule is CCCCCCCCCCCCCCCCCCCCCCCC(=O)O[C@H](COC(=O)CCCCCCCCCCCCCCCCCC(C)C)COP(=O)(O)OC[C@@H](O)COP(=O)(O)OC[C@@H](COC(=O)CCCCCCCCCCCC)OC(=O)CCCCCCCCCCCCC(C)CC. The van der Waals surface area contributed by atoms with Crippen LogP contribution in [0.25, 0.3) is 0 Å². The van der Waals surface area contributed by atoms with Crippen molar-refractivity contribution in [1.29, 1.82) is 0 Å². The van der Waals surface area contributed by atoms with Crippen molar-refractivity contribution in [2.75, 3.05) is 39.6 Å². The largest absolute Gasteiger partial charge is 0.472 e. The molecule has 0 saturated heterocycles. The van der Waals surface area contributed by atoms with Crippen molar-refractivity contribution in [2.24, 2.45) is 11.8 Å². The molecule has 0 aromatic heterocycles. The van der Waals surface area contributed by atoms with Gasteiger partial charge in [-0.1, -0.05) is 395 Å². The summed E-state index contributed by atoms with van der Waals surface area (Å²) in [6.07, 6.45) is 66.6. The van der Waals surface area contributed by atoms with Gasteiger partial charge in [-0.05, 0) is 37.5 Å². The Morgan fingerprint density at radius 3 is 0.738 bits per heavy atom. The summed E-state index contributed by atoms with van der Waals surface area (Å²) in [5, 5.41) is 10.7. The summed E-state index contributed by atoms with van der Waals surface area (Å²) in [5.41, 5.74) is 0. The number of ether oxygens (including phenoxy) is 4. The van der Waals surface area contributed by atoms with E-state index in [2.05, 4.69) is 41.5 Å². The summed E-state index contributed by atoms with van der Waals surface area (Å²) in [6.45, 7) is 9.70. The third-order valence-corrected chi connectivity index (χ3v) is 22.0. The van der Waals surface area contributed by atoms with Crippen LogP contribution in [-0.4, -0.2) is 96.7 Å². The number of phosphoric ester groups is 2. The first kappa shape index (κ1) is 101. The normalized spacial score (nSPS) is 14.1. The maximum atomic E-state index is 13.1. The van der Waals surface area contributed by atoms with Gasteiger partial charge in [-0.2, -0.15) is 0 Å². The van der Waals surface area contributed by atoms with Crippen LogP contribution in [0.5, 0.6) is 0 Å². The third-order valence-electron chi connectivity index (χ3n) is 20.1. The first-order valence-electron chi connectivity index (χ1n) is 43.5. The second kappa shape index (κ2) is 75.5. The van der Waals surface area contributed by atoms with E-state index in [4.69, 9.17) is 37.0 Å². The minimum atomic E-state index is -4.96. The monoisotopic (exact) mass is 1510 g/mol. The van der Waals surface area contributed by atoms with E-state index in [1.165, 1.54) is 263 Å². The van der Waals surface area contributed by atoms with Gasteiger partial charge in [0, 0.05) is 25.7 Å². The van der Waals surface area contributed by atoms with Gasteiger partial charge in [0.25, 0.3) is 0 Å². The predicted octanol–water partition coefficient (Wildman–Crippen LogP) is 25.5. The number of phosphoric acid groups is 2. The van der Waals surface area contributed by atoms with Crippen LogP contribution in [-0.2, 0) is 65.4 Å². The van der Waals surface area contributed by atoms with Crippen molar-refractivity contribution >= 4 is 39.5 Å². The van der Waals surface area contributed by atoms with Crippen LogP contribution in [0.1, 0.15) is 446 Å². The number of aliphatic hydroxyl groups is 1. The molecule has 19 heteroatoms. The molecule has 0 aromatic rings. The van der Waals surface area contributed by atoms with E-state index in [0.717, 1.165) is 102 Å². The van der Waals surface area contributed by atoms with Crippen LogP contribution in [0.15, 0.2) is 0 Å². The summed E-state index contributed by atoms with van der Waals surface area (Å²) >= 11 is 0. The summed E-state index contributed by atoms with van der Waals surface area (Å²) in [6, 6.07) is 0. The summed E-state index contributed by atoms with van der Waals surface area (Å²) < 4.78 is 68.8. The molecule has 0 saturated carbocycles. The lowest BCUT2D eigenvalue weighted by Crippen LogP contribution is -2.30. The number of carbonyl (C=O) groups is 4. The molecule has 0 amide bonds. The highest BCUT2D eigenvalue weighted by atomic mass is 31.2. The Bertz CT molecular complexity index is 1980. The highest BCUT2D eigenvalue weighted by molar-refractivity contribution is 7.47. The Morgan fingerprint density at radius 1 is 0.282 bits per heavy atom. The number of hydrogen-bond acceptors (Lipinski definition) is 15. The molecule has 0 rings (SSSR count). The van der Waals surface area contributed by atoms with E-state index >= 15 is 0 Å². The molecule has 0 spiro atoms. The number of hydrogen-bond donors (Lipinski definition) is 3. The minimum Gasteiger partial charge on any atom is -0.462 e. The maximum Gasteiger partial charge on any atom is 0.472 e. The van der Waals surface area contributed by atoms with E-state index in [0.29, 0.717) is 25.7 Å². The molecular formula is C84H164O17P2. The zero-order chi connectivity index (χ0) is 75.6. The topological polar surface area (TPSA) is 237 Å². The Balaban J connectivity index is 5.22. The summed E-state index contributed by atoms with van der Waals surface area (Å²) in [5.74, 6) is -0.496. The first-order valence-corrected chi connectivity index (χ1v) is 46.5. The molecule has 0 fully saturated rings.